The summed E-state index contributed by atoms with van der Waals surface area (Å²) in [6.07, 6.45) is 4.50. The van der Waals surface area contributed by atoms with Crippen LogP contribution in [-0.4, -0.2) is 31.5 Å². The SMILES string of the molecule is O=C(CCCSc1ncnc2nc[nH]c12)c1ccccc1. The molecular formula is C15H14N4OS. The van der Waals surface area contributed by atoms with Crippen molar-refractivity contribution < 1.29 is 4.79 Å². The van der Waals surface area contributed by atoms with E-state index in [1.54, 1.807) is 18.1 Å². The second-order valence-corrected chi connectivity index (χ2v) is 5.60. The van der Waals surface area contributed by atoms with E-state index in [0.717, 1.165) is 28.3 Å². The molecule has 0 amide bonds. The molecule has 0 aliphatic rings. The maximum Gasteiger partial charge on any atom is 0.181 e. The number of rotatable bonds is 6. The number of H-pyrrole nitrogens is 1. The number of aromatic amines is 1. The van der Waals surface area contributed by atoms with Crippen LogP contribution in [-0.2, 0) is 0 Å². The van der Waals surface area contributed by atoms with E-state index in [0.29, 0.717) is 12.1 Å². The van der Waals surface area contributed by atoms with Gasteiger partial charge in [0.25, 0.3) is 0 Å². The molecule has 3 aromatic rings. The minimum atomic E-state index is 0.186. The van der Waals surface area contributed by atoms with Gasteiger partial charge in [-0.1, -0.05) is 30.3 Å². The zero-order valence-electron chi connectivity index (χ0n) is 11.3. The van der Waals surface area contributed by atoms with Crippen LogP contribution in [0.25, 0.3) is 11.2 Å². The number of Topliss-reactive ketones (excluding diaryl/α,β-unsaturated/α-hetero) is 1. The van der Waals surface area contributed by atoms with Crippen molar-refractivity contribution in [1.82, 2.24) is 19.9 Å². The van der Waals surface area contributed by atoms with Crippen molar-refractivity contribution >= 4 is 28.7 Å². The number of fused-ring (bicyclic) bond motifs is 1. The highest BCUT2D eigenvalue weighted by Gasteiger charge is 2.08. The van der Waals surface area contributed by atoms with Crippen molar-refractivity contribution in [3.05, 3.63) is 48.5 Å². The Morgan fingerprint density at radius 2 is 2.00 bits per heavy atom. The Balaban J connectivity index is 1.53. The highest BCUT2D eigenvalue weighted by atomic mass is 32.2. The maximum absolute atomic E-state index is 12.0. The molecule has 5 nitrogen and oxygen atoms in total. The molecule has 2 aromatic heterocycles. The molecule has 0 fully saturated rings. The molecule has 3 rings (SSSR count). The molecule has 106 valence electrons. The minimum Gasteiger partial charge on any atom is -0.341 e. The van der Waals surface area contributed by atoms with Crippen molar-refractivity contribution in [2.45, 2.75) is 17.9 Å². The van der Waals surface area contributed by atoms with Crippen molar-refractivity contribution in [3.63, 3.8) is 0 Å². The third-order valence-corrected chi connectivity index (χ3v) is 4.15. The first kappa shape index (κ1) is 13.8. The topological polar surface area (TPSA) is 71.5 Å². The van der Waals surface area contributed by atoms with E-state index in [1.165, 1.54) is 6.33 Å². The van der Waals surface area contributed by atoms with Crippen LogP contribution in [0.15, 0.2) is 48.0 Å². The average Bonchev–Trinajstić information content (AvgIpc) is 3.01. The number of nitrogens with zero attached hydrogens (tertiary/aromatic N) is 3. The first-order valence-corrected chi connectivity index (χ1v) is 7.68. The van der Waals surface area contributed by atoms with Gasteiger partial charge in [-0.15, -0.1) is 11.8 Å². The number of imidazole rings is 1. The van der Waals surface area contributed by atoms with E-state index >= 15 is 0 Å². The van der Waals surface area contributed by atoms with Crippen LogP contribution < -0.4 is 0 Å². The zero-order valence-corrected chi connectivity index (χ0v) is 12.1. The van der Waals surface area contributed by atoms with Crippen LogP contribution >= 0.6 is 11.8 Å². The van der Waals surface area contributed by atoms with Crippen molar-refractivity contribution in [3.8, 4) is 0 Å². The molecule has 0 saturated heterocycles. The smallest absolute Gasteiger partial charge is 0.181 e. The van der Waals surface area contributed by atoms with Crippen LogP contribution in [0.2, 0.25) is 0 Å². The lowest BCUT2D eigenvalue weighted by Gasteiger charge is -2.02. The maximum atomic E-state index is 12.0. The van der Waals surface area contributed by atoms with E-state index in [2.05, 4.69) is 19.9 Å². The number of hydrogen-bond donors (Lipinski definition) is 1. The van der Waals surface area contributed by atoms with Crippen molar-refractivity contribution in [1.29, 1.82) is 0 Å². The Morgan fingerprint density at radius 1 is 1.14 bits per heavy atom. The van der Waals surface area contributed by atoms with E-state index in [4.69, 9.17) is 0 Å². The fourth-order valence-corrected chi connectivity index (χ4v) is 2.92. The van der Waals surface area contributed by atoms with Crippen LogP contribution in [0.1, 0.15) is 23.2 Å². The first-order valence-electron chi connectivity index (χ1n) is 6.70. The number of carbonyl (C=O) groups excluding carboxylic acids is 1. The molecule has 1 N–H and O–H groups in total. The van der Waals surface area contributed by atoms with Crippen LogP contribution in [0, 0.1) is 0 Å². The molecule has 0 aliphatic carbocycles. The molecule has 0 aliphatic heterocycles. The summed E-state index contributed by atoms with van der Waals surface area (Å²) in [6, 6.07) is 9.40. The lowest BCUT2D eigenvalue weighted by molar-refractivity contribution is 0.0982. The highest BCUT2D eigenvalue weighted by Crippen LogP contribution is 2.22. The zero-order chi connectivity index (χ0) is 14.5. The largest absolute Gasteiger partial charge is 0.341 e. The summed E-state index contributed by atoms with van der Waals surface area (Å²) in [5, 5.41) is 0.879. The predicted molar refractivity (Wildman–Crippen MR) is 82.4 cm³/mol. The number of hydrogen-bond acceptors (Lipinski definition) is 5. The summed E-state index contributed by atoms with van der Waals surface area (Å²) in [5.41, 5.74) is 2.31. The standard InChI is InChI=1S/C15H14N4OS/c20-12(11-5-2-1-3-6-11)7-4-8-21-15-13-14(17-9-16-13)18-10-19-15/h1-3,5-6,9-10H,4,7-8H2,(H,16,17,18,19). The van der Waals surface area contributed by atoms with Crippen LogP contribution in [0.4, 0.5) is 0 Å². The van der Waals surface area contributed by atoms with Crippen molar-refractivity contribution in [2.24, 2.45) is 0 Å². The van der Waals surface area contributed by atoms with Gasteiger partial charge in [-0.25, -0.2) is 15.0 Å². The summed E-state index contributed by atoms with van der Waals surface area (Å²) in [5.74, 6) is 1.02. The number of ketones is 1. The molecule has 0 spiro atoms. The number of benzene rings is 1. The van der Waals surface area contributed by atoms with Gasteiger partial charge in [0.05, 0.1) is 6.33 Å². The van der Waals surface area contributed by atoms with Gasteiger partial charge in [0.1, 0.15) is 16.9 Å². The van der Waals surface area contributed by atoms with Gasteiger partial charge in [0.15, 0.2) is 11.4 Å². The van der Waals surface area contributed by atoms with E-state index < -0.39 is 0 Å². The molecule has 1 aromatic carbocycles. The second-order valence-electron chi connectivity index (χ2n) is 4.52. The van der Waals surface area contributed by atoms with Gasteiger partial charge < -0.3 is 4.98 Å². The Hall–Kier alpha value is -2.21. The molecule has 0 unspecified atom stereocenters. The van der Waals surface area contributed by atoms with Gasteiger partial charge in [0, 0.05) is 17.7 Å². The van der Waals surface area contributed by atoms with Gasteiger partial charge in [-0.2, -0.15) is 0 Å². The molecule has 0 atom stereocenters. The van der Waals surface area contributed by atoms with Gasteiger partial charge in [-0.05, 0) is 6.42 Å². The minimum absolute atomic E-state index is 0.186. The van der Waals surface area contributed by atoms with E-state index in [-0.39, 0.29) is 5.78 Å². The molecule has 6 heteroatoms. The summed E-state index contributed by atoms with van der Waals surface area (Å²) in [7, 11) is 0. The molecule has 0 radical (unpaired) electrons. The highest BCUT2D eigenvalue weighted by molar-refractivity contribution is 7.99. The molecule has 0 saturated carbocycles. The Kier molecular flexibility index (Phi) is 4.25. The summed E-state index contributed by atoms with van der Waals surface area (Å²) in [4.78, 5) is 27.4. The van der Waals surface area contributed by atoms with Crippen LogP contribution in [0.3, 0.4) is 0 Å². The number of thioether (sulfide) groups is 1. The Bertz CT molecular complexity index is 742. The van der Waals surface area contributed by atoms with Gasteiger partial charge >= 0.3 is 0 Å². The lowest BCUT2D eigenvalue weighted by atomic mass is 10.1. The second kappa shape index (κ2) is 6.49. The number of aromatic nitrogens is 4. The molecular weight excluding hydrogens is 284 g/mol. The molecule has 0 bridgehead atoms. The van der Waals surface area contributed by atoms with Gasteiger partial charge in [-0.3, -0.25) is 4.79 Å². The third kappa shape index (κ3) is 3.28. The molecule has 21 heavy (non-hydrogen) atoms. The number of carbonyl (C=O) groups is 1. The van der Waals surface area contributed by atoms with Gasteiger partial charge in [0.2, 0.25) is 0 Å². The third-order valence-electron chi connectivity index (χ3n) is 3.07. The normalized spacial score (nSPS) is 10.9. The predicted octanol–water partition coefficient (Wildman–Crippen LogP) is 3.11. The fraction of sp³-hybridized carbons (Fsp3) is 0.200. The number of nitrogens with one attached hydrogen (secondary N) is 1. The van der Waals surface area contributed by atoms with Crippen molar-refractivity contribution in [2.75, 3.05) is 5.75 Å². The quantitative estimate of drug-likeness (QED) is 0.328. The fourth-order valence-electron chi connectivity index (χ4n) is 2.02. The monoisotopic (exact) mass is 298 g/mol. The molecule has 2 heterocycles. The Morgan fingerprint density at radius 3 is 2.86 bits per heavy atom. The van der Waals surface area contributed by atoms with Crippen LogP contribution in [0.5, 0.6) is 0 Å². The summed E-state index contributed by atoms with van der Waals surface area (Å²) < 4.78 is 0. The Labute approximate surface area is 126 Å². The van der Waals surface area contributed by atoms with E-state index in [9.17, 15) is 4.79 Å². The average molecular weight is 298 g/mol. The lowest BCUT2D eigenvalue weighted by Crippen LogP contribution is -1.99. The summed E-state index contributed by atoms with van der Waals surface area (Å²) in [6.45, 7) is 0. The first-order chi connectivity index (χ1) is 10.3. The van der Waals surface area contributed by atoms with E-state index in [1.807, 2.05) is 30.3 Å². The summed E-state index contributed by atoms with van der Waals surface area (Å²) >= 11 is 1.62.